The van der Waals surface area contributed by atoms with Crippen molar-refractivity contribution in [2.45, 2.75) is 47.1 Å². The van der Waals surface area contributed by atoms with Crippen molar-refractivity contribution in [3.8, 4) is 0 Å². The zero-order chi connectivity index (χ0) is 14.2. The SMILES string of the molecule is CN=C(NCCC(C)C)NCC(OC)C(C)(C)C. The molecule has 4 nitrogen and oxygen atoms in total. The number of nitrogens with one attached hydrogen (secondary N) is 2. The van der Waals surface area contributed by atoms with Gasteiger partial charge >= 0.3 is 0 Å². The van der Waals surface area contributed by atoms with Crippen molar-refractivity contribution in [3.05, 3.63) is 0 Å². The van der Waals surface area contributed by atoms with Crippen LogP contribution in [-0.2, 0) is 4.74 Å². The summed E-state index contributed by atoms with van der Waals surface area (Å²) in [5.41, 5.74) is 0.124. The number of hydrogen-bond donors (Lipinski definition) is 2. The van der Waals surface area contributed by atoms with Crippen LogP contribution < -0.4 is 10.6 Å². The molecule has 0 amide bonds. The molecule has 0 spiro atoms. The number of nitrogens with zero attached hydrogens (tertiary/aromatic N) is 1. The summed E-state index contributed by atoms with van der Waals surface area (Å²) < 4.78 is 5.51. The van der Waals surface area contributed by atoms with Gasteiger partial charge in [-0.1, -0.05) is 34.6 Å². The molecule has 0 fully saturated rings. The smallest absolute Gasteiger partial charge is 0.191 e. The van der Waals surface area contributed by atoms with Gasteiger partial charge in [0, 0.05) is 27.2 Å². The third-order valence-electron chi connectivity index (χ3n) is 2.94. The highest BCUT2D eigenvalue weighted by molar-refractivity contribution is 5.79. The van der Waals surface area contributed by atoms with E-state index in [4.69, 9.17) is 4.74 Å². The van der Waals surface area contributed by atoms with Gasteiger partial charge in [0.05, 0.1) is 6.10 Å². The molecule has 0 aliphatic rings. The van der Waals surface area contributed by atoms with Gasteiger partial charge < -0.3 is 15.4 Å². The molecule has 0 radical (unpaired) electrons. The lowest BCUT2D eigenvalue weighted by molar-refractivity contribution is 0.0205. The molecule has 0 rings (SSSR count). The van der Waals surface area contributed by atoms with Crippen LogP contribution in [-0.4, -0.2) is 39.3 Å². The fourth-order valence-corrected chi connectivity index (χ4v) is 1.63. The molecule has 4 heteroatoms. The van der Waals surface area contributed by atoms with Gasteiger partial charge in [-0.05, 0) is 17.8 Å². The highest BCUT2D eigenvalue weighted by Gasteiger charge is 2.24. The van der Waals surface area contributed by atoms with Crippen molar-refractivity contribution in [3.63, 3.8) is 0 Å². The minimum Gasteiger partial charge on any atom is -0.379 e. The molecule has 0 saturated heterocycles. The number of methoxy groups -OCH3 is 1. The van der Waals surface area contributed by atoms with E-state index in [1.54, 1.807) is 14.2 Å². The Morgan fingerprint density at radius 2 is 1.83 bits per heavy atom. The molecule has 0 aliphatic heterocycles. The van der Waals surface area contributed by atoms with Gasteiger partial charge in [0.15, 0.2) is 5.96 Å². The first kappa shape index (κ1) is 17.2. The molecule has 18 heavy (non-hydrogen) atoms. The standard InChI is InChI=1S/C14H31N3O/c1-11(2)8-9-16-13(15-6)17-10-12(18-7)14(3,4)5/h11-12H,8-10H2,1-7H3,(H2,15,16,17). The molecule has 1 atom stereocenters. The topological polar surface area (TPSA) is 45.7 Å². The monoisotopic (exact) mass is 257 g/mol. The zero-order valence-electron chi connectivity index (χ0n) is 13.1. The van der Waals surface area contributed by atoms with E-state index in [9.17, 15) is 0 Å². The highest BCUT2D eigenvalue weighted by Crippen LogP contribution is 2.20. The Labute approximate surface area is 113 Å². The fourth-order valence-electron chi connectivity index (χ4n) is 1.63. The van der Waals surface area contributed by atoms with E-state index in [0.29, 0.717) is 5.92 Å². The van der Waals surface area contributed by atoms with E-state index in [1.807, 2.05) is 0 Å². The number of ether oxygens (including phenoxy) is 1. The molecule has 0 aromatic carbocycles. The summed E-state index contributed by atoms with van der Waals surface area (Å²) in [6.07, 6.45) is 1.31. The van der Waals surface area contributed by atoms with Gasteiger partial charge in [-0.15, -0.1) is 0 Å². The van der Waals surface area contributed by atoms with Crippen molar-refractivity contribution >= 4 is 5.96 Å². The van der Waals surface area contributed by atoms with Crippen molar-refractivity contribution in [1.82, 2.24) is 10.6 Å². The van der Waals surface area contributed by atoms with Crippen LogP contribution in [0.25, 0.3) is 0 Å². The predicted octanol–water partition coefficient (Wildman–Crippen LogP) is 2.26. The normalized spacial score (nSPS) is 14.8. The molecule has 0 aromatic heterocycles. The molecule has 0 bridgehead atoms. The van der Waals surface area contributed by atoms with Crippen LogP contribution in [0, 0.1) is 11.3 Å². The van der Waals surface area contributed by atoms with Crippen LogP contribution in [0.3, 0.4) is 0 Å². The quantitative estimate of drug-likeness (QED) is 0.567. The lowest BCUT2D eigenvalue weighted by Gasteiger charge is -2.30. The van der Waals surface area contributed by atoms with Crippen molar-refractivity contribution in [2.24, 2.45) is 16.3 Å². The Morgan fingerprint density at radius 3 is 2.22 bits per heavy atom. The average molecular weight is 257 g/mol. The minimum atomic E-state index is 0.124. The summed E-state index contributed by atoms with van der Waals surface area (Å²) in [6.45, 7) is 12.7. The Bertz CT molecular complexity index is 244. The Hall–Kier alpha value is -0.770. The molecule has 0 aromatic rings. The fraction of sp³-hybridized carbons (Fsp3) is 0.929. The molecule has 108 valence electrons. The number of hydrogen-bond acceptors (Lipinski definition) is 2. The first-order valence-corrected chi connectivity index (χ1v) is 6.78. The second kappa shape index (κ2) is 8.35. The van der Waals surface area contributed by atoms with Gasteiger partial charge in [0.25, 0.3) is 0 Å². The molecular formula is C14H31N3O. The first-order valence-electron chi connectivity index (χ1n) is 6.78. The number of aliphatic imine (C=N–C) groups is 1. The highest BCUT2D eigenvalue weighted by atomic mass is 16.5. The molecule has 0 aliphatic carbocycles. The van der Waals surface area contributed by atoms with Crippen molar-refractivity contribution in [1.29, 1.82) is 0 Å². The minimum absolute atomic E-state index is 0.124. The maximum absolute atomic E-state index is 5.51. The third kappa shape index (κ3) is 7.54. The zero-order valence-corrected chi connectivity index (χ0v) is 13.1. The molecule has 0 saturated carbocycles. The van der Waals surface area contributed by atoms with Gasteiger partial charge in [0.2, 0.25) is 0 Å². The summed E-state index contributed by atoms with van der Waals surface area (Å²) in [5.74, 6) is 1.55. The Balaban J connectivity index is 4.07. The van der Waals surface area contributed by atoms with Gasteiger partial charge in [-0.2, -0.15) is 0 Å². The molecular weight excluding hydrogens is 226 g/mol. The number of rotatable bonds is 6. The van der Waals surface area contributed by atoms with Gasteiger partial charge in [-0.25, -0.2) is 0 Å². The molecule has 0 heterocycles. The maximum atomic E-state index is 5.51. The van der Waals surface area contributed by atoms with Gasteiger partial charge in [0.1, 0.15) is 0 Å². The van der Waals surface area contributed by atoms with E-state index >= 15 is 0 Å². The molecule has 2 N–H and O–H groups in total. The van der Waals surface area contributed by atoms with Crippen LogP contribution in [0.1, 0.15) is 41.0 Å². The summed E-state index contributed by atoms with van der Waals surface area (Å²) >= 11 is 0. The van der Waals surface area contributed by atoms with Crippen LogP contribution in [0.15, 0.2) is 4.99 Å². The lowest BCUT2D eigenvalue weighted by Crippen LogP contribution is -2.45. The van der Waals surface area contributed by atoms with Crippen molar-refractivity contribution < 1.29 is 4.74 Å². The number of guanidine groups is 1. The van der Waals surface area contributed by atoms with E-state index in [0.717, 1.165) is 25.5 Å². The van der Waals surface area contributed by atoms with E-state index < -0.39 is 0 Å². The van der Waals surface area contributed by atoms with E-state index in [1.165, 1.54) is 0 Å². The Morgan fingerprint density at radius 1 is 1.22 bits per heavy atom. The summed E-state index contributed by atoms with van der Waals surface area (Å²) in [6, 6.07) is 0. The maximum Gasteiger partial charge on any atom is 0.191 e. The third-order valence-corrected chi connectivity index (χ3v) is 2.94. The van der Waals surface area contributed by atoms with Crippen LogP contribution in [0.4, 0.5) is 0 Å². The summed E-state index contributed by atoms with van der Waals surface area (Å²) in [4.78, 5) is 4.21. The average Bonchev–Trinajstić information content (AvgIpc) is 2.25. The van der Waals surface area contributed by atoms with Crippen molar-refractivity contribution in [2.75, 3.05) is 27.2 Å². The van der Waals surface area contributed by atoms with Crippen LogP contribution in [0.5, 0.6) is 0 Å². The van der Waals surface area contributed by atoms with Crippen LogP contribution in [0.2, 0.25) is 0 Å². The second-order valence-electron chi connectivity index (χ2n) is 6.15. The van der Waals surface area contributed by atoms with Gasteiger partial charge in [-0.3, -0.25) is 4.99 Å². The van der Waals surface area contributed by atoms with Crippen LogP contribution >= 0.6 is 0 Å². The summed E-state index contributed by atoms with van der Waals surface area (Å²) in [5, 5.41) is 6.63. The predicted molar refractivity (Wildman–Crippen MR) is 79.1 cm³/mol. The van der Waals surface area contributed by atoms with E-state index in [2.05, 4.69) is 50.2 Å². The lowest BCUT2D eigenvalue weighted by atomic mass is 9.89. The Kier molecular flexibility index (Phi) is 8.00. The second-order valence-corrected chi connectivity index (χ2v) is 6.15. The first-order chi connectivity index (χ1) is 8.31. The largest absolute Gasteiger partial charge is 0.379 e. The molecule has 1 unspecified atom stereocenters. The van der Waals surface area contributed by atoms with E-state index in [-0.39, 0.29) is 11.5 Å². The summed E-state index contributed by atoms with van der Waals surface area (Å²) in [7, 11) is 3.55.